The summed E-state index contributed by atoms with van der Waals surface area (Å²) in [6.45, 7) is 2.11. The molecule has 0 aliphatic rings. The standard InChI is InChI=1S/C4H10NPS/c1-4(6-7)5(2)3/h4H,1-3H3. The minimum atomic E-state index is 0.523. The van der Waals surface area contributed by atoms with Gasteiger partial charge in [-0.05, 0) is 28.4 Å². The molecule has 0 rings (SSSR count). The molecule has 0 saturated heterocycles. The van der Waals surface area contributed by atoms with Gasteiger partial charge in [0.05, 0.1) is 5.78 Å². The van der Waals surface area contributed by atoms with E-state index in [0.29, 0.717) is 5.78 Å². The van der Waals surface area contributed by atoms with Crippen LogP contribution in [0.15, 0.2) is 0 Å². The Balaban J connectivity index is 3.33. The van der Waals surface area contributed by atoms with E-state index < -0.39 is 0 Å². The Morgan fingerprint density at radius 2 is 2.00 bits per heavy atom. The Labute approximate surface area is 51.5 Å². The van der Waals surface area contributed by atoms with Crippen LogP contribution >= 0.6 is 7.36 Å². The molecule has 0 saturated carbocycles. The molecule has 0 aliphatic carbocycles. The zero-order valence-corrected chi connectivity index (χ0v) is 6.59. The molecule has 42 valence electrons. The first-order valence-electron chi connectivity index (χ1n) is 2.17. The van der Waals surface area contributed by atoms with Crippen LogP contribution in [0, 0.1) is 0 Å². The van der Waals surface area contributed by atoms with E-state index in [4.69, 9.17) is 11.8 Å². The summed E-state index contributed by atoms with van der Waals surface area (Å²) >= 11 is 4.78. The lowest BCUT2D eigenvalue weighted by molar-refractivity contribution is 0.401. The van der Waals surface area contributed by atoms with Crippen molar-refractivity contribution in [3.63, 3.8) is 0 Å². The Morgan fingerprint density at radius 1 is 1.57 bits per heavy atom. The minimum absolute atomic E-state index is 0.523. The molecule has 0 heterocycles. The first-order valence-corrected chi connectivity index (χ1v) is 4.15. The van der Waals surface area contributed by atoms with Gasteiger partial charge in [0, 0.05) is 0 Å². The van der Waals surface area contributed by atoms with Crippen LogP contribution in [-0.2, 0) is 11.8 Å². The van der Waals surface area contributed by atoms with Crippen LogP contribution in [0.1, 0.15) is 6.92 Å². The molecule has 0 aromatic rings. The van der Waals surface area contributed by atoms with Crippen molar-refractivity contribution < 1.29 is 0 Å². The van der Waals surface area contributed by atoms with E-state index in [0.717, 1.165) is 7.36 Å². The molecule has 0 spiro atoms. The van der Waals surface area contributed by atoms with Crippen LogP contribution in [0.5, 0.6) is 0 Å². The van der Waals surface area contributed by atoms with Gasteiger partial charge in [-0.15, -0.1) is 0 Å². The van der Waals surface area contributed by atoms with E-state index in [-0.39, 0.29) is 0 Å². The summed E-state index contributed by atoms with van der Waals surface area (Å²) in [6.07, 6.45) is 0. The van der Waals surface area contributed by atoms with Crippen molar-refractivity contribution in [1.29, 1.82) is 0 Å². The van der Waals surface area contributed by atoms with Gasteiger partial charge in [-0.3, -0.25) is 4.90 Å². The zero-order chi connectivity index (χ0) is 5.86. The maximum atomic E-state index is 4.78. The highest BCUT2D eigenvalue weighted by molar-refractivity contribution is 7.96. The lowest BCUT2D eigenvalue weighted by Gasteiger charge is -2.11. The third-order valence-electron chi connectivity index (χ3n) is 0.900. The van der Waals surface area contributed by atoms with E-state index in [2.05, 4.69) is 11.8 Å². The minimum Gasteiger partial charge on any atom is -0.299 e. The molecule has 0 aliphatic heterocycles. The molecule has 0 radical (unpaired) electrons. The number of hydrogen-bond donors (Lipinski definition) is 0. The van der Waals surface area contributed by atoms with Crippen molar-refractivity contribution in [2.24, 2.45) is 0 Å². The summed E-state index contributed by atoms with van der Waals surface area (Å²) < 4.78 is 0. The fraction of sp³-hybridized carbons (Fsp3) is 1.00. The van der Waals surface area contributed by atoms with Crippen LogP contribution < -0.4 is 0 Å². The molecule has 3 heteroatoms. The van der Waals surface area contributed by atoms with E-state index in [1.54, 1.807) is 0 Å². The van der Waals surface area contributed by atoms with E-state index in [1.807, 2.05) is 14.1 Å². The van der Waals surface area contributed by atoms with Gasteiger partial charge in [0.25, 0.3) is 0 Å². The van der Waals surface area contributed by atoms with Gasteiger partial charge < -0.3 is 0 Å². The molecule has 1 atom stereocenters. The summed E-state index contributed by atoms with van der Waals surface area (Å²) in [7, 11) is 5.10. The van der Waals surface area contributed by atoms with Gasteiger partial charge in [0.15, 0.2) is 0 Å². The van der Waals surface area contributed by atoms with Crippen molar-refractivity contribution >= 4 is 19.2 Å². The quantitative estimate of drug-likeness (QED) is 0.525. The van der Waals surface area contributed by atoms with Crippen molar-refractivity contribution in [2.45, 2.75) is 12.7 Å². The van der Waals surface area contributed by atoms with Crippen molar-refractivity contribution in [3.05, 3.63) is 0 Å². The van der Waals surface area contributed by atoms with Crippen LogP contribution in [0.4, 0.5) is 0 Å². The lowest BCUT2D eigenvalue weighted by atomic mass is 10.7. The molecular formula is C4H10NPS. The fourth-order valence-corrected chi connectivity index (χ4v) is 0.849. The molecule has 7 heavy (non-hydrogen) atoms. The Kier molecular flexibility index (Phi) is 3.72. The highest BCUT2D eigenvalue weighted by Crippen LogP contribution is 2.05. The monoisotopic (exact) mass is 135 g/mol. The molecular weight excluding hydrogens is 125 g/mol. The summed E-state index contributed by atoms with van der Waals surface area (Å²) in [5.74, 6) is 0.523. The summed E-state index contributed by atoms with van der Waals surface area (Å²) in [5, 5.41) is 0. The van der Waals surface area contributed by atoms with Crippen LogP contribution in [0.3, 0.4) is 0 Å². The van der Waals surface area contributed by atoms with Gasteiger partial charge in [0.1, 0.15) is 0 Å². The summed E-state index contributed by atoms with van der Waals surface area (Å²) in [6, 6.07) is 0. The van der Waals surface area contributed by atoms with Gasteiger partial charge >= 0.3 is 0 Å². The maximum Gasteiger partial charge on any atom is 0.0588 e. The second-order valence-corrected chi connectivity index (χ2v) is 3.29. The van der Waals surface area contributed by atoms with Crippen LogP contribution in [0.25, 0.3) is 0 Å². The zero-order valence-electron chi connectivity index (χ0n) is 4.88. The number of nitrogens with zero attached hydrogens (tertiary/aromatic N) is 1. The van der Waals surface area contributed by atoms with Crippen molar-refractivity contribution in [2.75, 3.05) is 14.1 Å². The predicted octanol–water partition coefficient (Wildman–Crippen LogP) is 1.30. The fourth-order valence-electron chi connectivity index (χ4n) is 0.0943. The Morgan fingerprint density at radius 3 is 2.00 bits per heavy atom. The van der Waals surface area contributed by atoms with E-state index in [1.165, 1.54) is 0 Å². The Hall–Kier alpha value is 0.480. The SMILES string of the molecule is CC(P=S)N(C)C. The van der Waals surface area contributed by atoms with E-state index >= 15 is 0 Å². The predicted molar refractivity (Wildman–Crippen MR) is 37.4 cm³/mol. The molecule has 1 nitrogen and oxygen atoms in total. The normalized spacial score (nSPS) is 15.4. The first kappa shape index (κ1) is 7.48. The second-order valence-electron chi connectivity index (χ2n) is 1.70. The average molecular weight is 135 g/mol. The highest BCUT2D eigenvalue weighted by Gasteiger charge is 1.96. The Bertz CT molecular complexity index is 64.7. The molecule has 1 unspecified atom stereocenters. The third kappa shape index (κ3) is 3.10. The van der Waals surface area contributed by atoms with E-state index in [9.17, 15) is 0 Å². The second kappa shape index (κ2) is 3.48. The molecule has 0 aromatic carbocycles. The van der Waals surface area contributed by atoms with Crippen LogP contribution in [0.2, 0.25) is 0 Å². The molecule has 0 amide bonds. The number of rotatable bonds is 2. The van der Waals surface area contributed by atoms with Gasteiger partial charge in [0.2, 0.25) is 0 Å². The summed E-state index contributed by atoms with van der Waals surface area (Å²) in [5.41, 5.74) is 0. The highest BCUT2D eigenvalue weighted by atomic mass is 32.4. The molecule has 0 fully saturated rings. The first-order chi connectivity index (χ1) is 3.18. The molecule has 0 aromatic heterocycles. The topological polar surface area (TPSA) is 3.24 Å². The third-order valence-corrected chi connectivity index (χ3v) is 2.58. The maximum absolute atomic E-state index is 4.78. The van der Waals surface area contributed by atoms with Gasteiger partial charge in [-0.1, -0.05) is 11.8 Å². The lowest BCUT2D eigenvalue weighted by Crippen LogP contribution is -2.18. The molecule has 0 N–H and O–H groups in total. The molecule has 0 bridgehead atoms. The summed E-state index contributed by atoms with van der Waals surface area (Å²) in [4.78, 5) is 2.11. The van der Waals surface area contributed by atoms with Gasteiger partial charge in [-0.25, -0.2) is 0 Å². The average Bonchev–Trinajstić information content (AvgIpc) is 1.65. The number of hydrogen-bond acceptors (Lipinski definition) is 2. The smallest absolute Gasteiger partial charge is 0.0588 e. The van der Waals surface area contributed by atoms with Crippen molar-refractivity contribution in [3.8, 4) is 0 Å². The largest absolute Gasteiger partial charge is 0.299 e. The van der Waals surface area contributed by atoms with Crippen LogP contribution in [-0.4, -0.2) is 24.8 Å². The van der Waals surface area contributed by atoms with Crippen molar-refractivity contribution in [1.82, 2.24) is 4.90 Å². The van der Waals surface area contributed by atoms with Gasteiger partial charge in [-0.2, -0.15) is 0 Å².